The summed E-state index contributed by atoms with van der Waals surface area (Å²) in [4.78, 5) is 36.8. The molecule has 340 valence electrons. The molecule has 16 nitrogen and oxygen atoms in total. The highest BCUT2D eigenvalue weighted by molar-refractivity contribution is 8.11. The average molecular weight is 951 g/mol. The van der Waals surface area contributed by atoms with E-state index in [0.717, 1.165) is 12.8 Å². The van der Waals surface area contributed by atoms with Gasteiger partial charge in [0, 0.05) is 37.5 Å². The quantitative estimate of drug-likeness (QED) is 0.159. The molecule has 1 fully saturated rings. The molecule has 2 aliphatic carbocycles. The van der Waals surface area contributed by atoms with E-state index in [2.05, 4.69) is 19.8 Å². The molecule has 0 spiro atoms. The van der Waals surface area contributed by atoms with Crippen molar-refractivity contribution in [1.29, 1.82) is 0 Å². The molecule has 1 atom stereocenters. The maximum absolute atomic E-state index is 12.5. The molecule has 0 saturated heterocycles. The second kappa shape index (κ2) is 19.7. The van der Waals surface area contributed by atoms with Gasteiger partial charge in [0.25, 0.3) is 0 Å². The molecule has 3 rings (SSSR count). The molecule has 2 N–H and O–H groups in total. The largest absolute Gasteiger partial charge is 0.534 e. The molecule has 2 amide bonds. The van der Waals surface area contributed by atoms with Gasteiger partial charge in [0.15, 0.2) is 5.82 Å². The Morgan fingerprint density at radius 2 is 1.14 bits per heavy atom. The second-order valence-electron chi connectivity index (χ2n) is 14.2. The number of sulfonamides is 2. The lowest BCUT2D eigenvalue weighted by molar-refractivity contribution is -0.120. The monoisotopic (exact) mass is 950 g/mol. The first kappa shape index (κ1) is 53.2. The van der Waals surface area contributed by atoms with Crippen LogP contribution in [0.15, 0.2) is 30.2 Å². The van der Waals surface area contributed by atoms with Gasteiger partial charge in [-0.25, -0.2) is 14.6 Å². The maximum atomic E-state index is 12.5. The molecule has 0 aromatic carbocycles. The SMILES string of the molecule is CC(C)(C)OC(=O)NC1CC=C(OS(=O)(=O)C(F)(F)F)CC1.CC(C)(C)OC(=O)NC1CCC(=O)CC1.O=S(=O)(N(c1ccc(Cl)cn1)S(=O)(=O)C(F)(F)F)C(F)(F)F. The number of halogens is 10. The highest BCUT2D eigenvalue weighted by Crippen LogP contribution is 2.38. The molecule has 0 radical (unpaired) electrons. The van der Waals surface area contributed by atoms with E-state index in [0.29, 0.717) is 25.1 Å². The van der Waals surface area contributed by atoms with E-state index in [9.17, 15) is 79.2 Å². The Morgan fingerprint density at radius 1 is 0.712 bits per heavy atom. The molecule has 1 heterocycles. The van der Waals surface area contributed by atoms with Crippen molar-refractivity contribution in [3.05, 3.63) is 35.2 Å². The van der Waals surface area contributed by atoms with E-state index in [-0.39, 0.29) is 60.1 Å². The summed E-state index contributed by atoms with van der Waals surface area (Å²) in [6.45, 7) is 10.6. The second-order valence-corrected chi connectivity index (χ2v) is 19.9. The number of nitrogens with zero attached hydrogens (tertiary/aromatic N) is 2. The highest BCUT2D eigenvalue weighted by atomic mass is 35.5. The molecule has 1 unspecified atom stereocenters. The zero-order valence-corrected chi connectivity index (χ0v) is 34.9. The number of nitrogens with one attached hydrogen (secondary N) is 2. The number of ketones is 1. The predicted octanol–water partition coefficient (Wildman–Crippen LogP) is 7.08. The number of hydrogen-bond acceptors (Lipinski definition) is 13. The van der Waals surface area contributed by atoms with E-state index in [1.54, 1.807) is 20.8 Å². The van der Waals surface area contributed by atoms with Gasteiger partial charge in [-0.2, -0.15) is 64.8 Å². The van der Waals surface area contributed by atoms with Gasteiger partial charge < -0.3 is 24.3 Å². The first-order valence-electron chi connectivity index (χ1n) is 16.5. The lowest BCUT2D eigenvalue weighted by Gasteiger charge is -2.25. The molecule has 59 heavy (non-hydrogen) atoms. The number of Topliss-reactive ketones (excluding diaryl/α,β-unsaturated/α-hetero) is 1. The Morgan fingerprint density at radius 3 is 1.47 bits per heavy atom. The number of ether oxygens (including phenoxy) is 2. The van der Waals surface area contributed by atoms with E-state index in [4.69, 9.17) is 21.1 Å². The summed E-state index contributed by atoms with van der Waals surface area (Å²) in [5.41, 5.74) is -19.2. The van der Waals surface area contributed by atoms with Crippen molar-refractivity contribution in [1.82, 2.24) is 15.6 Å². The number of alkyl halides is 9. The minimum absolute atomic E-state index is 0.0320. The molecule has 0 aliphatic heterocycles. The molecule has 29 heteroatoms. The normalized spacial score (nSPS) is 17.5. The number of amides is 2. The van der Waals surface area contributed by atoms with Crippen LogP contribution in [0.3, 0.4) is 0 Å². The summed E-state index contributed by atoms with van der Waals surface area (Å²) in [6.07, 6.45) is 3.64. The van der Waals surface area contributed by atoms with Gasteiger partial charge in [-0.1, -0.05) is 11.6 Å². The smallest absolute Gasteiger partial charge is 0.444 e. The molecule has 1 saturated carbocycles. The van der Waals surface area contributed by atoms with Crippen LogP contribution in [0.25, 0.3) is 0 Å². The molecular weight excluding hydrogens is 911 g/mol. The topological polar surface area (TPSA) is 222 Å². The van der Waals surface area contributed by atoms with Crippen LogP contribution in [0.2, 0.25) is 5.02 Å². The first-order chi connectivity index (χ1) is 26.3. The first-order valence-corrected chi connectivity index (χ1v) is 21.2. The standard InChI is InChI=1S/C12H18F3NO5S.C11H19NO3.C7H3ClF6N2O4S2/c1-11(2,3)20-10(17)16-8-4-6-9(7-5-8)21-22(18,19)12(13,14)15;1-11(2,3)15-10(14)12-8-4-6-9(13)7-5-8;8-4-1-2-5(15-3-4)16(21(17,18)6(9,10)11)22(19,20)7(12,13)14/h6,8H,4-5,7H2,1-3H3,(H,16,17);8H,4-7H2,1-3H3,(H,12,14);1-3H. The number of alkyl carbamates (subject to hydrolysis) is 2. The number of hydrogen-bond donors (Lipinski definition) is 2. The number of carbonyl (C=O) groups is 3. The number of carbonyl (C=O) groups excluding carboxylic acids is 3. The van der Waals surface area contributed by atoms with Gasteiger partial charge in [0.1, 0.15) is 22.7 Å². The summed E-state index contributed by atoms with van der Waals surface area (Å²) in [5, 5.41) is 5.06. The number of rotatable bonds is 7. The van der Waals surface area contributed by atoms with Crippen LogP contribution >= 0.6 is 11.6 Å². The van der Waals surface area contributed by atoms with Crippen molar-refractivity contribution in [2.45, 2.75) is 126 Å². The molecular formula is C30H40ClF9N4O12S3. The Bertz CT molecular complexity index is 1950. The van der Waals surface area contributed by atoms with Crippen molar-refractivity contribution in [2.24, 2.45) is 0 Å². The Balaban J connectivity index is 0.000000451. The van der Waals surface area contributed by atoms with E-state index >= 15 is 0 Å². The van der Waals surface area contributed by atoms with Crippen molar-refractivity contribution >= 4 is 65.6 Å². The molecule has 1 aromatic rings. The van der Waals surface area contributed by atoms with Crippen molar-refractivity contribution in [2.75, 3.05) is 3.71 Å². The van der Waals surface area contributed by atoms with Gasteiger partial charge in [0.2, 0.25) is 0 Å². The Kier molecular flexibility index (Phi) is 17.8. The number of aromatic nitrogens is 1. The van der Waals surface area contributed by atoms with Gasteiger partial charge in [-0.15, -0.1) is 3.71 Å². The summed E-state index contributed by atoms with van der Waals surface area (Å²) >= 11 is 5.30. The van der Waals surface area contributed by atoms with Crippen LogP contribution in [-0.4, -0.2) is 88.0 Å². The summed E-state index contributed by atoms with van der Waals surface area (Å²) < 4.78 is 190. The van der Waals surface area contributed by atoms with Gasteiger partial charge in [-0.3, -0.25) is 4.79 Å². The van der Waals surface area contributed by atoms with E-state index in [1.165, 1.54) is 6.08 Å². The predicted molar refractivity (Wildman–Crippen MR) is 189 cm³/mol. The third kappa shape index (κ3) is 17.4. The summed E-state index contributed by atoms with van der Waals surface area (Å²) in [5.74, 6) is -1.63. The summed E-state index contributed by atoms with van der Waals surface area (Å²) in [6, 6.07) is 0.678. The van der Waals surface area contributed by atoms with Crippen LogP contribution in [0.5, 0.6) is 0 Å². The number of allylic oxidation sites excluding steroid dienone is 1. The lowest BCUT2D eigenvalue weighted by Crippen LogP contribution is -2.49. The third-order valence-electron chi connectivity index (χ3n) is 6.77. The average Bonchev–Trinajstić information content (AvgIpc) is 3.01. The Labute approximate surface area is 338 Å². The van der Waals surface area contributed by atoms with Gasteiger partial charge >= 0.3 is 58.9 Å². The van der Waals surface area contributed by atoms with Gasteiger partial charge in [-0.05, 0) is 85.4 Å². The molecule has 0 bridgehead atoms. The number of anilines is 1. The summed E-state index contributed by atoms with van der Waals surface area (Å²) in [7, 11) is -19.5. The zero-order valence-electron chi connectivity index (χ0n) is 31.7. The third-order valence-corrected chi connectivity index (χ3v) is 11.6. The van der Waals surface area contributed by atoms with Crippen LogP contribution in [0.1, 0.15) is 86.5 Å². The minimum Gasteiger partial charge on any atom is -0.444 e. The van der Waals surface area contributed by atoms with Gasteiger partial charge in [0.05, 0.1) is 5.02 Å². The van der Waals surface area contributed by atoms with Crippen molar-refractivity contribution in [3.63, 3.8) is 0 Å². The van der Waals surface area contributed by atoms with E-state index in [1.807, 2.05) is 20.8 Å². The number of pyridine rings is 1. The van der Waals surface area contributed by atoms with Crippen LogP contribution in [0.4, 0.5) is 54.9 Å². The maximum Gasteiger partial charge on any atom is 0.534 e. The minimum atomic E-state index is -6.93. The lowest BCUT2D eigenvalue weighted by atomic mass is 9.95. The zero-order chi connectivity index (χ0) is 46.2. The Hall–Kier alpha value is -3.79. The fourth-order valence-corrected chi connectivity index (χ4v) is 7.54. The van der Waals surface area contributed by atoms with Crippen LogP contribution in [0, 0.1) is 0 Å². The highest BCUT2D eigenvalue weighted by Gasteiger charge is 2.62. The van der Waals surface area contributed by atoms with Crippen molar-refractivity contribution < 1.29 is 92.8 Å². The van der Waals surface area contributed by atoms with Crippen molar-refractivity contribution in [3.8, 4) is 0 Å². The van der Waals surface area contributed by atoms with Crippen LogP contribution < -0.4 is 14.3 Å². The molecule has 2 aliphatic rings. The molecule has 1 aromatic heterocycles. The van der Waals surface area contributed by atoms with E-state index < -0.39 is 73.5 Å². The fraction of sp³-hybridized carbons (Fsp3) is 0.667. The fourth-order valence-electron chi connectivity index (χ4n) is 4.28. The van der Waals surface area contributed by atoms with Crippen LogP contribution in [-0.2, 0) is 48.6 Å².